The van der Waals surface area contributed by atoms with E-state index in [4.69, 9.17) is 10.5 Å². The Hall–Kier alpha value is -5.42. The number of nitrogens with two attached hydrogens (primary N) is 1. The fraction of sp³-hybridized carbons (Fsp3) is 0.226. The minimum Gasteiger partial charge on any atom is -0.497 e. The summed E-state index contributed by atoms with van der Waals surface area (Å²) in [7, 11) is -2.49. The number of methoxy groups -OCH3 is 1. The third kappa shape index (κ3) is 11.6. The summed E-state index contributed by atoms with van der Waals surface area (Å²) >= 11 is 0. The van der Waals surface area contributed by atoms with Crippen molar-refractivity contribution in [3.05, 3.63) is 83.7 Å². The van der Waals surface area contributed by atoms with Gasteiger partial charge in [-0.3, -0.25) is 23.9 Å². The van der Waals surface area contributed by atoms with Gasteiger partial charge in [0.15, 0.2) is 0 Å². The lowest BCUT2D eigenvalue weighted by molar-refractivity contribution is -0.127. The summed E-state index contributed by atoms with van der Waals surface area (Å²) in [6, 6.07) is 15.8. The lowest BCUT2D eigenvalue weighted by atomic mass is 10.1. The molecule has 0 spiro atoms. The first-order chi connectivity index (χ1) is 21.4. The average molecular weight is 638 g/mol. The highest BCUT2D eigenvalue weighted by molar-refractivity contribution is 7.92. The number of primary amides is 1. The summed E-state index contributed by atoms with van der Waals surface area (Å²) < 4.78 is 46.6. The molecule has 6 N–H and O–H groups in total. The van der Waals surface area contributed by atoms with Gasteiger partial charge in [-0.1, -0.05) is 11.8 Å². The molecule has 0 radical (unpaired) electrons. The number of anilines is 2. The van der Waals surface area contributed by atoms with E-state index in [2.05, 4.69) is 32.5 Å². The molecule has 236 valence electrons. The van der Waals surface area contributed by atoms with Crippen molar-refractivity contribution in [2.75, 3.05) is 30.2 Å². The normalized spacial score (nSPS) is 10.5. The van der Waals surface area contributed by atoms with Crippen LogP contribution in [0.4, 0.5) is 15.8 Å². The van der Waals surface area contributed by atoms with E-state index >= 15 is 0 Å². The van der Waals surface area contributed by atoms with Crippen LogP contribution in [-0.4, -0.2) is 52.2 Å². The maximum Gasteiger partial charge on any atom is 0.261 e. The highest BCUT2D eigenvalue weighted by Gasteiger charge is 2.16. The zero-order valence-electron chi connectivity index (χ0n) is 24.3. The van der Waals surface area contributed by atoms with Crippen molar-refractivity contribution in [1.29, 1.82) is 0 Å². The van der Waals surface area contributed by atoms with Gasteiger partial charge in [-0.2, -0.15) is 0 Å². The first kappa shape index (κ1) is 34.1. The second-order valence-corrected chi connectivity index (χ2v) is 11.3. The number of unbranched alkanes of at least 4 members (excludes halogenated alkanes) is 1. The van der Waals surface area contributed by atoms with Gasteiger partial charge in [-0.05, 0) is 79.6 Å². The third-order valence-electron chi connectivity index (χ3n) is 6.06. The quantitative estimate of drug-likeness (QED) is 0.133. The Kier molecular flexibility index (Phi) is 12.4. The molecule has 45 heavy (non-hydrogen) atoms. The molecule has 0 fully saturated rings. The molecule has 0 saturated heterocycles. The highest BCUT2D eigenvalue weighted by atomic mass is 32.2. The minimum absolute atomic E-state index is 0.0800. The lowest BCUT2D eigenvalue weighted by Crippen LogP contribution is -2.40. The van der Waals surface area contributed by atoms with Gasteiger partial charge in [0.2, 0.25) is 23.6 Å². The summed E-state index contributed by atoms with van der Waals surface area (Å²) in [6.45, 7) is -0.629. The molecule has 0 aliphatic rings. The van der Waals surface area contributed by atoms with Crippen molar-refractivity contribution >= 4 is 45.0 Å². The van der Waals surface area contributed by atoms with Gasteiger partial charge in [-0.25, -0.2) is 12.8 Å². The van der Waals surface area contributed by atoms with E-state index in [-0.39, 0.29) is 48.3 Å². The van der Waals surface area contributed by atoms with Crippen LogP contribution in [0.1, 0.15) is 36.8 Å². The number of ether oxygens (including phenoxy) is 1. The van der Waals surface area contributed by atoms with Crippen LogP contribution in [0.2, 0.25) is 0 Å². The van der Waals surface area contributed by atoms with Gasteiger partial charge in [0.05, 0.1) is 42.0 Å². The van der Waals surface area contributed by atoms with Gasteiger partial charge >= 0.3 is 0 Å². The minimum atomic E-state index is -4.03. The molecule has 0 heterocycles. The molecular formula is C31H32FN5O7S. The van der Waals surface area contributed by atoms with Gasteiger partial charge in [-0.15, -0.1) is 0 Å². The molecule has 0 saturated carbocycles. The summed E-state index contributed by atoms with van der Waals surface area (Å²) in [5, 5.41) is 7.44. The largest absolute Gasteiger partial charge is 0.497 e. The van der Waals surface area contributed by atoms with Gasteiger partial charge < -0.3 is 26.4 Å². The number of hydrogen-bond donors (Lipinski definition) is 5. The van der Waals surface area contributed by atoms with Crippen molar-refractivity contribution in [3.63, 3.8) is 0 Å². The van der Waals surface area contributed by atoms with Crippen LogP contribution in [-0.2, 0) is 29.2 Å². The molecule has 12 nitrogen and oxygen atoms in total. The molecule has 3 rings (SSSR count). The molecule has 0 atom stereocenters. The summed E-state index contributed by atoms with van der Waals surface area (Å²) in [5.41, 5.74) is 6.42. The average Bonchev–Trinajstić information content (AvgIpc) is 3.01. The monoisotopic (exact) mass is 637 g/mol. The molecule has 0 bridgehead atoms. The van der Waals surface area contributed by atoms with Crippen LogP contribution in [0.5, 0.6) is 5.75 Å². The number of carbonyl (C=O) groups is 4. The SMILES string of the molecule is COc1ccc(C#Cc2cc(NS(=O)(=O)c3ccc(F)cc3)ccc2NC(=O)CCCCC(=O)NCC(=O)NCC(N)=O)cc1. The molecule has 3 aromatic carbocycles. The Balaban J connectivity index is 1.65. The number of amides is 4. The smallest absolute Gasteiger partial charge is 0.261 e. The van der Waals surface area contributed by atoms with Crippen LogP contribution in [0, 0.1) is 17.7 Å². The predicted octanol–water partition coefficient (Wildman–Crippen LogP) is 2.25. The first-order valence-corrected chi connectivity index (χ1v) is 15.1. The molecular weight excluding hydrogens is 605 g/mol. The number of carbonyl (C=O) groups excluding carboxylic acids is 4. The number of sulfonamides is 1. The highest BCUT2D eigenvalue weighted by Crippen LogP contribution is 2.24. The Labute approximate surface area is 260 Å². The van der Waals surface area contributed by atoms with Crippen LogP contribution in [0.25, 0.3) is 0 Å². The van der Waals surface area contributed by atoms with E-state index in [0.29, 0.717) is 35.4 Å². The topological polar surface area (TPSA) is 186 Å². The van der Waals surface area contributed by atoms with Crippen LogP contribution in [0.3, 0.4) is 0 Å². The number of benzene rings is 3. The summed E-state index contributed by atoms with van der Waals surface area (Å²) in [5.74, 6) is 4.02. The number of halogens is 1. The van der Waals surface area contributed by atoms with E-state index in [1.54, 1.807) is 31.4 Å². The zero-order valence-corrected chi connectivity index (χ0v) is 25.1. The fourth-order valence-corrected chi connectivity index (χ4v) is 4.81. The van der Waals surface area contributed by atoms with Crippen molar-refractivity contribution in [1.82, 2.24) is 10.6 Å². The summed E-state index contributed by atoms with van der Waals surface area (Å²) in [6.07, 6.45) is 0.903. The molecule has 0 aromatic heterocycles. The van der Waals surface area contributed by atoms with E-state index in [0.717, 1.165) is 24.3 Å². The lowest BCUT2D eigenvalue weighted by Gasteiger charge is -2.12. The van der Waals surface area contributed by atoms with Crippen molar-refractivity contribution in [2.24, 2.45) is 5.73 Å². The van der Waals surface area contributed by atoms with Gasteiger partial charge in [0.25, 0.3) is 10.0 Å². The number of nitrogens with one attached hydrogen (secondary N) is 4. The van der Waals surface area contributed by atoms with E-state index < -0.39 is 27.7 Å². The van der Waals surface area contributed by atoms with Gasteiger partial charge in [0.1, 0.15) is 11.6 Å². The van der Waals surface area contributed by atoms with Crippen LogP contribution in [0.15, 0.2) is 71.6 Å². The van der Waals surface area contributed by atoms with Crippen molar-refractivity contribution in [2.45, 2.75) is 30.6 Å². The first-order valence-electron chi connectivity index (χ1n) is 13.7. The third-order valence-corrected chi connectivity index (χ3v) is 7.46. The second-order valence-electron chi connectivity index (χ2n) is 9.57. The molecule has 0 aliphatic carbocycles. The number of rotatable bonds is 14. The standard InChI is InChI=1S/C31H32FN5O7S/c1-44-25-13-7-21(8-14-25)6-9-22-18-24(37-45(42,43)26-15-10-23(32)11-16-26)12-17-27(22)36-30(40)5-3-2-4-29(39)35-20-31(41)34-19-28(33)38/h7-8,10-18,37H,2-5,19-20H2,1H3,(H2,33,38)(H,34,41)(H,35,39)(H,36,40). The van der Waals surface area contributed by atoms with Crippen molar-refractivity contribution < 1.29 is 36.7 Å². The van der Waals surface area contributed by atoms with Gasteiger partial charge in [0, 0.05) is 18.4 Å². The molecule has 4 amide bonds. The Bertz CT molecular complexity index is 1700. The van der Waals surface area contributed by atoms with Crippen LogP contribution < -0.4 is 31.1 Å². The van der Waals surface area contributed by atoms with Crippen molar-refractivity contribution in [3.8, 4) is 17.6 Å². The Morgan fingerprint density at radius 2 is 1.47 bits per heavy atom. The molecule has 0 aliphatic heterocycles. The van der Waals surface area contributed by atoms with E-state index in [1.165, 1.54) is 18.2 Å². The second kappa shape index (κ2) is 16.4. The Morgan fingerprint density at radius 1 is 0.822 bits per heavy atom. The fourth-order valence-electron chi connectivity index (χ4n) is 3.76. The predicted molar refractivity (Wildman–Crippen MR) is 165 cm³/mol. The van der Waals surface area contributed by atoms with E-state index in [9.17, 15) is 32.0 Å². The summed E-state index contributed by atoms with van der Waals surface area (Å²) in [4.78, 5) is 46.8. The number of hydrogen-bond acceptors (Lipinski definition) is 7. The molecule has 0 unspecified atom stereocenters. The van der Waals surface area contributed by atoms with E-state index in [1.807, 2.05) is 0 Å². The zero-order chi connectivity index (χ0) is 32.8. The molecule has 3 aromatic rings. The maximum absolute atomic E-state index is 13.3. The molecule has 14 heteroatoms. The Morgan fingerprint density at radius 3 is 2.11 bits per heavy atom. The van der Waals surface area contributed by atoms with Crippen LogP contribution >= 0.6 is 0 Å². The maximum atomic E-state index is 13.3.